The van der Waals surface area contributed by atoms with Crippen molar-refractivity contribution < 1.29 is 51.0 Å². The molecule has 2 saturated carbocycles. The Morgan fingerprint density at radius 1 is 1.12 bits per heavy atom. The monoisotopic (exact) mass is 743 g/mol. The highest BCUT2D eigenvalue weighted by molar-refractivity contribution is 7.90. The highest BCUT2D eigenvalue weighted by Crippen LogP contribution is 2.58. The third kappa shape index (κ3) is 7.79. The van der Waals surface area contributed by atoms with Gasteiger partial charge < -0.3 is 14.4 Å². The van der Waals surface area contributed by atoms with Crippen LogP contribution in [0.1, 0.15) is 90.2 Å². The second kappa shape index (κ2) is 14.0. The molecule has 0 aromatic heterocycles. The average Bonchev–Trinajstić information content (AvgIpc) is 3.89. The van der Waals surface area contributed by atoms with E-state index in [4.69, 9.17) is 9.47 Å². The fraction of sp³-hybridized carbons (Fsp3) is 0.622. The summed E-state index contributed by atoms with van der Waals surface area (Å²) in [7, 11) is -3.89. The predicted molar refractivity (Wildman–Crippen MR) is 183 cm³/mol. The first-order chi connectivity index (χ1) is 24.4. The Morgan fingerprint density at radius 3 is 2.44 bits per heavy atom. The average molecular weight is 744 g/mol. The number of nitrogens with zero attached hydrogens (tertiary/aromatic N) is 2. The summed E-state index contributed by atoms with van der Waals surface area (Å²) in [5, 5.41) is -0.643. The summed E-state index contributed by atoms with van der Waals surface area (Å²) < 4.78 is 53.3. The lowest BCUT2D eigenvalue weighted by Crippen LogP contribution is -2.48. The number of fused-ring (bicyclic) bond motifs is 1. The van der Waals surface area contributed by atoms with Gasteiger partial charge in [0.1, 0.15) is 17.5 Å². The number of allylic oxidation sites excluding steroid dienone is 2. The molecule has 1 N–H and O–H groups in total. The number of ether oxygens (including phenoxy) is 2. The molecule has 2 heterocycles. The number of ketones is 2. The van der Waals surface area contributed by atoms with Crippen molar-refractivity contribution in [1.29, 1.82) is 0 Å². The normalized spacial score (nSPS) is 27.3. The van der Waals surface area contributed by atoms with E-state index in [9.17, 15) is 41.6 Å². The number of hydrogen-bond donors (Lipinski definition) is 1. The Bertz CT molecular complexity index is 1820. The van der Waals surface area contributed by atoms with E-state index in [1.54, 1.807) is 39.0 Å². The Hall–Kier alpha value is -4.14. The van der Waals surface area contributed by atoms with Gasteiger partial charge in [-0.05, 0) is 70.1 Å². The molecule has 52 heavy (non-hydrogen) atoms. The molecule has 6 atom stereocenters. The summed E-state index contributed by atoms with van der Waals surface area (Å²) in [6, 6.07) is 3.37. The number of nitrogens with one attached hydrogen (secondary N) is 1. The molecule has 0 bridgehead atoms. The zero-order valence-electron chi connectivity index (χ0n) is 29.9. The van der Waals surface area contributed by atoms with Gasteiger partial charge in [-0.15, -0.1) is 0 Å². The molecule has 3 amide bonds. The van der Waals surface area contributed by atoms with Crippen molar-refractivity contribution in [2.45, 2.75) is 115 Å². The number of Topliss-reactive ketones (excluding diaryl/α,β-unsaturated/α-hetero) is 1. The molecule has 15 heteroatoms. The lowest BCUT2D eigenvalue weighted by Gasteiger charge is -2.31. The van der Waals surface area contributed by atoms with Gasteiger partial charge in [0.05, 0.1) is 42.1 Å². The van der Waals surface area contributed by atoms with Crippen LogP contribution < -0.4 is 4.72 Å². The van der Waals surface area contributed by atoms with Crippen molar-refractivity contribution in [2.24, 2.45) is 23.2 Å². The van der Waals surface area contributed by atoms with Gasteiger partial charge in [0.15, 0.2) is 11.6 Å². The van der Waals surface area contributed by atoms with Crippen LogP contribution in [-0.2, 0) is 56.6 Å². The van der Waals surface area contributed by atoms with Gasteiger partial charge in [-0.3, -0.25) is 33.6 Å². The molecule has 1 unspecified atom stereocenters. The summed E-state index contributed by atoms with van der Waals surface area (Å²) in [6.45, 7) is 6.72. The van der Waals surface area contributed by atoms with Gasteiger partial charge in [0, 0.05) is 30.9 Å². The maximum atomic E-state index is 14.5. The first kappa shape index (κ1) is 37.6. The Labute approximate surface area is 302 Å². The Balaban J connectivity index is 1.25. The van der Waals surface area contributed by atoms with Crippen molar-refractivity contribution in [3.05, 3.63) is 47.3 Å². The molecule has 5 aliphatic rings. The lowest BCUT2D eigenvalue weighted by atomic mass is 9.85. The van der Waals surface area contributed by atoms with Gasteiger partial charge in [0.25, 0.3) is 0 Å². The van der Waals surface area contributed by atoms with E-state index in [1.807, 2.05) is 6.92 Å². The molecule has 2 aliphatic heterocycles. The number of carbonyl (C=O) groups is 6. The Morgan fingerprint density at radius 2 is 1.85 bits per heavy atom. The van der Waals surface area contributed by atoms with Crippen LogP contribution in [0, 0.1) is 29.0 Å². The van der Waals surface area contributed by atoms with Gasteiger partial charge in [-0.2, -0.15) is 0 Å². The minimum absolute atomic E-state index is 0.0207. The zero-order chi connectivity index (χ0) is 37.7. The Kier molecular flexibility index (Phi) is 10.1. The molecule has 6 rings (SSSR count). The van der Waals surface area contributed by atoms with E-state index in [0.29, 0.717) is 30.4 Å². The van der Waals surface area contributed by atoms with E-state index in [1.165, 1.54) is 21.9 Å². The third-order valence-electron chi connectivity index (χ3n) is 10.9. The van der Waals surface area contributed by atoms with Crippen LogP contribution in [0.4, 0.5) is 9.18 Å². The first-order valence-electron chi connectivity index (χ1n) is 18.0. The fourth-order valence-corrected chi connectivity index (χ4v) is 9.27. The number of sulfonamides is 1. The number of likely N-dealkylation sites (tertiary alicyclic amines) is 1. The van der Waals surface area contributed by atoms with E-state index < -0.39 is 92.2 Å². The van der Waals surface area contributed by atoms with Gasteiger partial charge in [-0.25, -0.2) is 17.6 Å². The topological polar surface area (TPSA) is 174 Å². The zero-order valence-corrected chi connectivity index (χ0v) is 30.7. The minimum atomic E-state index is -3.89. The molecule has 1 aromatic rings. The maximum Gasteiger partial charge on any atom is 0.410 e. The fourth-order valence-electron chi connectivity index (χ4n) is 7.88. The summed E-state index contributed by atoms with van der Waals surface area (Å²) in [6.07, 6.45) is 2.21. The van der Waals surface area contributed by atoms with Crippen LogP contribution in [0.15, 0.2) is 30.4 Å². The number of hydrogen-bond acceptors (Lipinski definition) is 10. The SMILES string of the molecule is CC[C@@H]1C[C@]1(CC(=O)[C@@H]1C[C@@H](OC(=O)N2Cc3cccc(F)c3C2)CN1C(=O)[C@@H](CC(=O)OC(C)(C)C)C1CC=CC1=O)C(=O)NS(=O)(=O)C1CC1. The number of rotatable bonds is 12. The molecule has 3 fully saturated rings. The molecular weight excluding hydrogens is 697 g/mol. The smallest absolute Gasteiger partial charge is 0.410 e. The summed E-state index contributed by atoms with van der Waals surface area (Å²) in [4.78, 5) is 84.2. The van der Waals surface area contributed by atoms with Crippen molar-refractivity contribution in [1.82, 2.24) is 14.5 Å². The molecule has 13 nitrogen and oxygen atoms in total. The van der Waals surface area contributed by atoms with Gasteiger partial charge in [-0.1, -0.05) is 31.6 Å². The van der Waals surface area contributed by atoms with Crippen molar-refractivity contribution in [3.63, 3.8) is 0 Å². The second-order valence-electron chi connectivity index (χ2n) is 15.8. The van der Waals surface area contributed by atoms with E-state index in [2.05, 4.69) is 4.72 Å². The molecule has 1 saturated heterocycles. The molecule has 3 aliphatic carbocycles. The van der Waals surface area contributed by atoms with Crippen LogP contribution in [-0.4, -0.2) is 83.2 Å². The quantitative estimate of drug-likeness (QED) is 0.311. The highest BCUT2D eigenvalue weighted by Gasteiger charge is 2.62. The molecule has 0 spiro atoms. The van der Waals surface area contributed by atoms with E-state index in [0.717, 1.165) is 0 Å². The number of esters is 1. The van der Waals surface area contributed by atoms with Crippen molar-refractivity contribution in [2.75, 3.05) is 6.54 Å². The summed E-state index contributed by atoms with van der Waals surface area (Å²) in [5.74, 6) is -5.76. The van der Waals surface area contributed by atoms with E-state index >= 15 is 0 Å². The number of halogens is 1. The molecular formula is C37H46FN3O10S. The van der Waals surface area contributed by atoms with Crippen LogP contribution in [0.25, 0.3) is 0 Å². The van der Waals surface area contributed by atoms with Crippen LogP contribution >= 0.6 is 0 Å². The van der Waals surface area contributed by atoms with Gasteiger partial charge in [0.2, 0.25) is 21.8 Å². The van der Waals surface area contributed by atoms with Crippen LogP contribution in [0.5, 0.6) is 0 Å². The van der Waals surface area contributed by atoms with Crippen molar-refractivity contribution >= 4 is 45.5 Å². The highest BCUT2D eigenvalue weighted by atomic mass is 32.2. The molecule has 1 aromatic carbocycles. The molecule has 0 radical (unpaired) electrons. The number of carbonyl (C=O) groups excluding carboxylic acids is 6. The maximum absolute atomic E-state index is 14.5. The third-order valence-corrected chi connectivity index (χ3v) is 12.7. The number of amides is 3. The van der Waals surface area contributed by atoms with E-state index in [-0.39, 0.29) is 57.0 Å². The lowest BCUT2D eigenvalue weighted by molar-refractivity contribution is -0.160. The van der Waals surface area contributed by atoms with Crippen molar-refractivity contribution in [3.8, 4) is 0 Å². The predicted octanol–water partition coefficient (Wildman–Crippen LogP) is 3.72. The molecule has 282 valence electrons. The summed E-state index contributed by atoms with van der Waals surface area (Å²) in [5.41, 5.74) is -1.15. The van der Waals surface area contributed by atoms with Crippen LogP contribution in [0.3, 0.4) is 0 Å². The van der Waals surface area contributed by atoms with Crippen LogP contribution in [0.2, 0.25) is 0 Å². The summed E-state index contributed by atoms with van der Waals surface area (Å²) >= 11 is 0. The first-order valence-corrected chi connectivity index (χ1v) is 19.5. The largest absolute Gasteiger partial charge is 0.460 e. The van der Waals surface area contributed by atoms with Gasteiger partial charge >= 0.3 is 12.1 Å². The minimum Gasteiger partial charge on any atom is -0.460 e. The second-order valence-corrected chi connectivity index (χ2v) is 17.8. The number of benzene rings is 1. The standard InChI is InChI=1S/C37H46FN3O10S/c1-5-22-16-37(22,34(46)39-52(48,49)24-12-13-24)17-31(43)29-14-23(50-35(47)40-18-21-8-6-10-28(38)27(21)20-40)19-41(29)33(45)26(25-9-7-11-30(25)42)15-32(44)51-36(2,3)4/h6-8,10-11,22-26,29H,5,9,12-20H2,1-4H3,(H,39,46)/t22-,23-,25?,26+,29+,37-/m1/s1.